The van der Waals surface area contributed by atoms with E-state index in [2.05, 4.69) is 15.6 Å². The van der Waals surface area contributed by atoms with Crippen molar-refractivity contribution >= 4 is 17.3 Å². The van der Waals surface area contributed by atoms with Crippen LogP contribution in [0.25, 0.3) is 0 Å². The standard InChI is InChI=1S/C22H23N3O3/c1-27-20-8-6-18(7-9-20)25-19-13-17(14-23-15-19)22(26)24-11-10-16-4-3-5-21(12-16)28-2/h3-9,12-15,25H,10-11H2,1-2H3,(H,24,26). The lowest BCUT2D eigenvalue weighted by atomic mass is 10.1. The molecule has 144 valence electrons. The third kappa shape index (κ3) is 5.23. The minimum absolute atomic E-state index is 0.159. The van der Waals surface area contributed by atoms with Crippen molar-refractivity contribution in [1.29, 1.82) is 0 Å². The Morgan fingerprint density at radius 3 is 2.46 bits per heavy atom. The van der Waals surface area contributed by atoms with Crippen LogP contribution in [0.3, 0.4) is 0 Å². The summed E-state index contributed by atoms with van der Waals surface area (Å²) in [6.45, 7) is 0.530. The fraction of sp³-hybridized carbons (Fsp3) is 0.182. The zero-order valence-electron chi connectivity index (χ0n) is 15.9. The van der Waals surface area contributed by atoms with Crippen molar-refractivity contribution in [2.24, 2.45) is 0 Å². The van der Waals surface area contributed by atoms with Crippen LogP contribution in [-0.2, 0) is 6.42 Å². The maximum Gasteiger partial charge on any atom is 0.252 e. The van der Waals surface area contributed by atoms with Gasteiger partial charge in [-0.25, -0.2) is 0 Å². The summed E-state index contributed by atoms with van der Waals surface area (Å²) in [5.74, 6) is 1.44. The van der Waals surface area contributed by atoms with Crippen molar-refractivity contribution in [3.8, 4) is 11.5 Å². The van der Waals surface area contributed by atoms with Crippen LogP contribution in [0.2, 0.25) is 0 Å². The van der Waals surface area contributed by atoms with Crippen LogP contribution < -0.4 is 20.1 Å². The van der Waals surface area contributed by atoms with Crippen LogP contribution in [0, 0.1) is 0 Å². The van der Waals surface area contributed by atoms with E-state index in [1.54, 1.807) is 32.7 Å². The number of hydrogen-bond donors (Lipinski definition) is 2. The first kappa shape index (κ1) is 19.2. The van der Waals surface area contributed by atoms with E-state index in [-0.39, 0.29) is 5.91 Å². The third-order valence-electron chi connectivity index (χ3n) is 4.21. The Kier molecular flexibility index (Phi) is 6.46. The topological polar surface area (TPSA) is 72.5 Å². The van der Waals surface area contributed by atoms with Gasteiger partial charge in [0.2, 0.25) is 0 Å². The van der Waals surface area contributed by atoms with Crippen LogP contribution in [0.4, 0.5) is 11.4 Å². The van der Waals surface area contributed by atoms with Gasteiger partial charge in [0, 0.05) is 18.4 Å². The number of pyridine rings is 1. The van der Waals surface area contributed by atoms with Gasteiger partial charge >= 0.3 is 0 Å². The van der Waals surface area contributed by atoms with Crippen molar-refractivity contribution in [2.75, 3.05) is 26.1 Å². The van der Waals surface area contributed by atoms with E-state index in [0.717, 1.165) is 34.9 Å². The lowest BCUT2D eigenvalue weighted by molar-refractivity contribution is 0.0954. The summed E-state index contributed by atoms with van der Waals surface area (Å²) in [6, 6.07) is 17.1. The number of ether oxygens (including phenoxy) is 2. The number of hydrogen-bond acceptors (Lipinski definition) is 5. The Bertz CT molecular complexity index is 926. The van der Waals surface area contributed by atoms with Gasteiger partial charge in [-0.15, -0.1) is 0 Å². The lowest BCUT2D eigenvalue weighted by Gasteiger charge is -2.09. The maximum atomic E-state index is 12.4. The molecular formula is C22H23N3O3. The second-order valence-corrected chi connectivity index (χ2v) is 6.17. The number of carbonyl (C=O) groups excluding carboxylic acids is 1. The highest BCUT2D eigenvalue weighted by Crippen LogP contribution is 2.20. The third-order valence-corrected chi connectivity index (χ3v) is 4.21. The largest absolute Gasteiger partial charge is 0.497 e. The summed E-state index contributed by atoms with van der Waals surface area (Å²) in [5, 5.41) is 6.16. The molecule has 2 N–H and O–H groups in total. The van der Waals surface area contributed by atoms with Gasteiger partial charge in [-0.05, 0) is 54.4 Å². The molecule has 0 unspecified atom stereocenters. The molecule has 3 aromatic rings. The minimum atomic E-state index is -0.159. The average Bonchev–Trinajstić information content (AvgIpc) is 2.74. The molecule has 0 aliphatic carbocycles. The SMILES string of the molecule is COc1ccc(Nc2cncc(C(=O)NCCc3cccc(OC)c3)c2)cc1. The first-order valence-electron chi connectivity index (χ1n) is 8.95. The van der Waals surface area contributed by atoms with E-state index in [1.807, 2.05) is 48.5 Å². The number of carbonyl (C=O) groups is 1. The molecule has 0 bridgehead atoms. The van der Waals surface area contributed by atoms with Crippen molar-refractivity contribution < 1.29 is 14.3 Å². The van der Waals surface area contributed by atoms with Gasteiger partial charge in [-0.2, -0.15) is 0 Å². The van der Waals surface area contributed by atoms with E-state index in [1.165, 1.54) is 0 Å². The molecule has 6 nitrogen and oxygen atoms in total. The Morgan fingerprint density at radius 1 is 0.929 bits per heavy atom. The number of anilines is 2. The van der Waals surface area contributed by atoms with Crippen molar-refractivity contribution in [1.82, 2.24) is 10.3 Å². The van der Waals surface area contributed by atoms with E-state index in [0.29, 0.717) is 12.1 Å². The molecule has 0 saturated heterocycles. The quantitative estimate of drug-likeness (QED) is 0.624. The molecule has 1 heterocycles. The van der Waals surface area contributed by atoms with Crippen LogP contribution in [0.1, 0.15) is 15.9 Å². The minimum Gasteiger partial charge on any atom is -0.497 e. The molecule has 0 spiro atoms. The van der Waals surface area contributed by atoms with Gasteiger partial charge in [-0.1, -0.05) is 12.1 Å². The number of rotatable bonds is 8. The average molecular weight is 377 g/mol. The van der Waals surface area contributed by atoms with Gasteiger partial charge in [0.15, 0.2) is 0 Å². The zero-order chi connectivity index (χ0) is 19.8. The van der Waals surface area contributed by atoms with Crippen molar-refractivity contribution in [2.45, 2.75) is 6.42 Å². The molecule has 3 rings (SSSR count). The number of amides is 1. The molecule has 2 aromatic carbocycles. The summed E-state index contributed by atoms with van der Waals surface area (Å²) >= 11 is 0. The van der Waals surface area contributed by atoms with E-state index in [9.17, 15) is 4.79 Å². The summed E-state index contributed by atoms with van der Waals surface area (Å²) < 4.78 is 10.4. The molecule has 28 heavy (non-hydrogen) atoms. The van der Waals surface area contributed by atoms with Crippen LogP contribution in [0.5, 0.6) is 11.5 Å². The monoisotopic (exact) mass is 377 g/mol. The van der Waals surface area contributed by atoms with Gasteiger partial charge in [-0.3, -0.25) is 9.78 Å². The summed E-state index contributed by atoms with van der Waals surface area (Å²) in [4.78, 5) is 16.6. The number of nitrogens with one attached hydrogen (secondary N) is 2. The molecule has 1 amide bonds. The number of aromatic nitrogens is 1. The number of methoxy groups -OCH3 is 2. The van der Waals surface area contributed by atoms with Crippen LogP contribution in [0.15, 0.2) is 67.0 Å². The van der Waals surface area contributed by atoms with Crippen LogP contribution >= 0.6 is 0 Å². The smallest absolute Gasteiger partial charge is 0.252 e. The Balaban J connectivity index is 1.56. The Morgan fingerprint density at radius 2 is 1.71 bits per heavy atom. The highest BCUT2D eigenvalue weighted by Gasteiger charge is 2.07. The Labute approximate surface area is 164 Å². The fourth-order valence-corrected chi connectivity index (χ4v) is 2.72. The number of benzene rings is 2. The summed E-state index contributed by atoms with van der Waals surface area (Å²) in [5.41, 5.74) is 3.24. The molecule has 0 fully saturated rings. The van der Waals surface area contributed by atoms with E-state index >= 15 is 0 Å². The van der Waals surface area contributed by atoms with Crippen molar-refractivity contribution in [3.05, 3.63) is 78.1 Å². The second kappa shape index (κ2) is 9.41. The second-order valence-electron chi connectivity index (χ2n) is 6.17. The highest BCUT2D eigenvalue weighted by atomic mass is 16.5. The summed E-state index contributed by atoms with van der Waals surface area (Å²) in [6.07, 6.45) is 3.96. The molecule has 0 saturated carbocycles. The van der Waals surface area contributed by atoms with Gasteiger partial charge in [0.25, 0.3) is 5.91 Å². The van der Waals surface area contributed by atoms with E-state index in [4.69, 9.17) is 9.47 Å². The predicted octanol–water partition coefficient (Wildman–Crippen LogP) is 3.81. The van der Waals surface area contributed by atoms with E-state index < -0.39 is 0 Å². The zero-order valence-corrected chi connectivity index (χ0v) is 15.9. The molecule has 0 aliphatic rings. The Hall–Kier alpha value is -3.54. The first-order valence-corrected chi connectivity index (χ1v) is 8.95. The van der Waals surface area contributed by atoms with Gasteiger partial charge < -0.3 is 20.1 Å². The fourth-order valence-electron chi connectivity index (χ4n) is 2.72. The maximum absolute atomic E-state index is 12.4. The molecule has 0 aliphatic heterocycles. The first-order chi connectivity index (χ1) is 13.7. The highest BCUT2D eigenvalue weighted by molar-refractivity contribution is 5.94. The molecule has 0 radical (unpaired) electrons. The normalized spacial score (nSPS) is 10.2. The molecular weight excluding hydrogens is 354 g/mol. The van der Waals surface area contributed by atoms with Gasteiger partial charge in [0.05, 0.1) is 31.7 Å². The molecule has 6 heteroatoms. The van der Waals surface area contributed by atoms with Crippen LogP contribution in [-0.4, -0.2) is 31.7 Å². The number of nitrogens with zero attached hydrogens (tertiary/aromatic N) is 1. The van der Waals surface area contributed by atoms with Crippen molar-refractivity contribution in [3.63, 3.8) is 0 Å². The lowest BCUT2D eigenvalue weighted by Crippen LogP contribution is -2.25. The predicted molar refractivity (Wildman–Crippen MR) is 110 cm³/mol. The molecule has 0 atom stereocenters. The molecule has 1 aromatic heterocycles. The van der Waals surface area contributed by atoms with Gasteiger partial charge in [0.1, 0.15) is 11.5 Å². The summed E-state index contributed by atoms with van der Waals surface area (Å²) in [7, 11) is 3.27.